The van der Waals surface area contributed by atoms with E-state index in [1.807, 2.05) is 0 Å². The molecule has 1 aromatic rings. The normalized spacial score (nSPS) is 13.6. The van der Waals surface area contributed by atoms with Crippen LogP contribution in [0.2, 0.25) is 18.1 Å². The Balaban J connectivity index is 2.64. The van der Waals surface area contributed by atoms with E-state index in [4.69, 9.17) is 4.43 Å². The Morgan fingerprint density at radius 1 is 1.00 bits per heavy atom. The van der Waals surface area contributed by atoms with Gasteiger partial charge >= 0.3 is 0 Å². The maximum atomic E-state index is 6.26. The van der Waals surface area contributed by atoms with Gasteiger partial charge in [-0.2, -0.15) is 0 Å². The average Bonchev–Trinajstić information content (AvgIpc) is 2.26. The van der Waals surface area contributed by atoms with Gasteiger partial charge < -0.3 is 4.43 Å². The molecule has 0 amide bonds. The minimum atomic E-state index is -1.61. The van der Waals surface area contributed by atoms with Gasteiger partial charge in [-0.15, -0.1) is 0 Å². The zero-order valence-electron chi connectivity index (χ0n) is 14.6. The first-order chi connectivity index (χ1) is 8.93. The molecule has 0 bridgehead atoms. The zero-order chi connectivity index (χ0) is 15.6. The van der Waals surface area contributed by atoms with E-state index in [1.165, 1.54) is 11.1 Å². The Kier molecular flexibility index (Phi) is 5.26. The standard InChI is InChI=1S/C18H32OSi/c1-17(2,3)16-11-9-10-15(14-16)12-13-19-20(7,8)18(4,5)6/h9-11,14H,12-13H2,1-8H3. The molecule has 0 N–H and O–H groups in total. The van der Waals surface area contributed by atoms with Crippen LogP contribution in [-0.4, -0.2) is 14.9 Å². The van der Waals surface area contributed by atoms with E-state index in [9.17, 15) is 0 Å². The fourth-order valence-electron chi connectivity index (χ4n) is 1.83. The second-order valence-corrected chi connectivity index (χ2v) is 13.1. The summed E-state index contributed by atoms with van der Waals surface area (Å²) in [7, 11) is -1.61. The van der Waals surface area contributed by atoms with Gasteiger partial charge in [0.15, 0.2) is 8.32 Å². The lowest BCUT2D eigenvalue weighted by Gasteiger charge is -2.36. The summed E-state index contributed by atoms with van der Waals surface area (Å²) in [6, 6.07) is 8.93. The van der Waals surface area contributed by atoms with E-state index in [1.54, 1.807) is 0 Å². The molecule has 20 heavy (non-hydrogen) atoms. The zero-order valence-corrected chi connectivity index (χ0v) is 15.6. The van der Waals surface area contributed by atoms with Crippen LogP contribution in [0.5, 0.6) is 0 Å². The highest BCUT2D eigenvalue weighted by molar-refractivity contribution is 6.74. The second-order valence-electron chi connectivity index (χ2n) is 8.31. The first kappa shape index (κ1) is 17.4. The van der Waals surface area contributed by atoms with E-state index in [0.29, 0.717) is 5.04 Å². The molecule has 0 aliphatic rings. The molecule has 1 aromatic carbocycles. The van der Waals surface area contributed by atoms with Crippen molar-refractivity contribution in [1.82, 2.24) is 0 Å². The molecule has 0 atom stereocenters. The van der Waals surface area contributed by atoms with Crippen molar-refractivity contribution in [2.24, 2.45) is 0 Å². The minimum Gasteiger partial charge on any atom is -0.416 e. The van der Waals surface area contributed by atoms with Gasteiger partial charge in [-0.05, 0) is 41.1 Å². The van der Waals surface area contributed by atoms with E-state index >= 15 is 0 Å². The van der Waals surface area contributed by atoms with Crippen molar-refractivity contribution in [2.45, 2.75) is 71.5 Å². The first-order valence-corrected chi connectivity index (χ1v) is 10.6. The van der Waals surface area contributed by atoms with Gasteiger partial charge in [0.1, 0.15) is 0 Å². The smallest absolute Gasteiger partial charge is 0.191 e. The van der Waals surface area contributed by atoms with Gasteiger partial charge in [-0.3, -0.25) is 0 Å². The van der Waals surface area contributed by atoms with E-state index < -0.39 is 8.32 Å². The molecule has 1 rings (SSSR count). The molecule has 0 unspecified atom stereocenters. The number of hydrogen-bond donors (Lipinski definition) is 0. The maximum Gasteiger partial charge on any atom is 0.191 e. The van der Waals surface area contributed by atoms with Crippen molar-refractivity contribution in [3.8, 4) is 0 Å². The molecule has 0 saturated heterocycles. The van der Waals surface area contributed by atoms with Crippen LogP contribution in [0.1, 0.15) is 52.7 Å². The van der Waals surface area contributed by atoms with Crippen molar-refractivity contribution in [3.63, 3.8) is 0 Å². The van der Waals surface area contributed by atoms with Crippen molar-refractivity contribution in [1.29, 1.82) is 0 Å². The Labute approximate surface area is 126 Å². The molecule has 0 aliphatic heterocycles. The predicted molar refractivity (Wildman–Crippen MR) is 92.0 cm³/mol. The number of benzene rings is 1. The second kappa shape index (κ2) is 6.03. The lowest BCUT2D eigenvalue weighted by Crippen LogP contribution is -2.41. The van der Waals surface area contributed by atoms with E-state index in [2.05, 4.69) is 78.9 Å². The summed E-state index contributed by atoms with van der Waals surface area (Å²) in [5, 5.41) is 0.292. The molecule has 0 radical (unpaired) electrons. The summed E-state index contributed by atoms with van der Waals surface area (Å²) in [6.45, 7) is 19.1. The molecule has 0 aliphatic carbocycles. The third-order valence-electron chi connectivity index (χ3n) is 4.45. The Bertz CT molecular complexity index is 435. The van der Waals surface area contributed by atoms with Crippen LogP contribution in [0.3, 0.4) is 0 Å². The predicted octanol–water partition coefficient (Wildman–Crippen LogP) is 5.55. The van der Waals surface area contributed by atoms with Gasteiger partial charge in [0.25, 0.3) is 0 Å². The minimum absolute atomic E-state index is 0.219. The third-order valence-corrected chi connectivity index (χ3v) is 8.99. The van der Waals surface area contributed by atoms with E-state index in [-0.39, 0.29) is 5.41 Å². The monoisotopic (exact) mass is 292 g/mol. The summed E-state index contributed by atoms with van der Waals surface area (Å²) in [6.07, 6.45) is 1.01. The van der Waals surface area contributed by atoms with Crippen molar-refractivity contribution < 1.29 is 4.43 Å². The van der Waals surface area contributed by atoms with Crippen LogP contribution in [0.4, 0.5) is 0 Å². The number of rotatable bonds is 4. The molecular formula is C18H32OSi. The summed E-state index contributed by atoms with van der Waals surface area (Å²) in [5.74, 6) is 0. The topological polar surface area (TPSA) is 9.23 Å². The molecule has 2 heteroatoms. The first-order valence-electron chi connectivity index (χ1n) is 7.67. The molecule has 0 fully saturated rings. The fourth-order valence-corrected chi connectivity index (χ4v) is 2.88. The Hall–Kier alpha value is -0.603. The lowest BCUT2D eigenvalue weighted by atomic mass is 9.86. The van der Waals surface area contributed by atoms with E-state index in [0.717, 1.165) is 13.0 Å². The molecule has 0 saturated carbocycles. The van der Waals surface area contributed by atoms with Crippen LogP contribution in [0.15, 0.2) is 24.3 Å². The highest BCUT2D eigenvalue weighted by Crippen LogP contribution is 2.36. The van der Waals surface area contributed by atoms with Crippen molar-refractivity contribution in [3.05, 3.63) is 35.4 Å². The van der Waals surface area contributed by atoms with Gasteiger partial charge in [0, 0.05) is 6.61 Å². The summed E-state index contributed by atoms with van der Waals surface area (Å²) in [5.41, 5.74) is 3.01. The molecule has 0 spiro atoms. The van der Waals surface area contributed by atoms with Gasteiger partial charge in [-0.25, -0.2) is 0 Å². The van der Waals surface area contributed by atoms with Gasteiger partial charge in [0.2, 0.25) is 0 Å². The summed E-state index contributed by atoms with van der Waals surface area (Å²) in [4.78, 5) is 0. The van der Waals surface area contributed by atoms with Gasteiger partial charge in [0.05, 0.1) is 0 Å². The number of hydrogen-bond acceptors (Lipinski definition) is 1. The largest absolute Gasteiger partial charge is 0.416 e. The van der Waals surface area contributed by atoms with Crippen LogP contribution in [0, 0.1) is 0 Å². The van der Waals surface area contributed by atoms with Crippen molar-refractivity contribution in [2.75, 3.05) is 6.61 Å². The van der Waals surface area contributed by atoms with Crippen LogP contribution >= 0.6 is 0 Å². The van der Waals surface area contributed by atoms with Gasteiger partial charge in [-0.1, -0.05) is 65.8 Å². The van der Waals surface area contributed by atoms with Crippen LogP contribution in [-0.2, 0) is 16.3 Å². The Morgan fingerprint density at radius 2 is 1.60 bits per heavy atom. The summed E-state index contributed by atoms with van der Waals surface area (Å²) >= 11 is 0. The highest BCUT2D eigenvalue weighted by Gasteiger charge is 2.36. The Morgan fingerprint density at radius 3 is 2.10 bits per heavy atom. The maximum absolute atomic E-state index is 6.26. The lowest BCUT2D eigenvalue weighted by molar-refractivity contribution is 0.292. The molecular weight excluding hydrogens is 260 g/mol. The quantitative estimate of drug-likeness (QED) is 0.661. The highest BCUT2D eigenvalue weighted by atomic mass is 28.4. The molecule has 114 valence electrons. The molecule has 0 aromatic heterocycles. The summed E-state index contributed by atoms with van der Waals surface area (Å²) < 4.78 is 6.26. The fraction of sp³-hybridized carbons (Fsp3) is 0.667. The van der Waals surface area contributed by atoms with Crippen LogP contribution < -0.4 is 0 Å². The van der Waals surface area contributed by atoms with Crippen LogP contribution in [0.25, 0.3) is 0 Å². The molecule has 1 nitrogen and oxygen atoms in total. The average molecular weight is 293 g/mol. The van der Waals surface area contributed by atoms with Crippen molar-refractivity contribution >= 4 is 8.32 Å². The third kappa shape index (κ3) is 4.74. The SMILES string of the molecule is CC(C)(C)c1cccc(CCO[Si](C)(C)C(C)(C)C)c1. The molecule has 0 heterocycles.